The zero-order valence-corrected chi connectivity index (χ0v) is 8.63. The summed E-state index contributed by atoms with van der Waals surface area (Å²) in [5.74, 6) is -0.523. The topological polar surface area (TPSA) is 72.9 Å². The Kier molecular flexibility index (Phi) is 3.65. The number of hydrogen-bond acceptors (Lipinski definition) is 5. The Morgan fingerprint density at radius 2 is 1.93 bits per heavy atom. The highest BCUT2D eigenvalue weighted by Gasteiger charge is 2.42. The van der Waals surface area contributed by atoms with Crippen LogP contribution in [0.25, 0.3) is 0 Å². The van der Waals surface area contributed by atoms with Gasteiger partial charge in [0.25, 0.3) is 0 Å². The van der Waals surface area contributed by atoms with E-state index >= 15 is 0 Å². The first-order valence-corrected chi connectivity index (χ1v) is 4.55. The predicted octanol–water partition coefficient (Wildman–Crippen LogP) is -0.0423. The van der Waals surface area contributed by atoms with Crippen LogP contribution in [-0.4, -0.2) is 49.6 Å². The fourth-order valence-electron chi connectivity index (χ4n) is 1.71. The molecule has 2 atom stereocenters. The molecule has 1 saturated heterocycles. The van der Waals surface area contributed by atoms with E-state index < -0.39 is 24.1 Å². The van der Waals surface area contributed by atoms with E-state index in [1.807, 2.05) is 0 Å². The summed E-state index contributed by atoms with van der Waals surface area (Å²) in [4.78, 5) is 34.5. The SMILES string of the molecule is COC(=O)[C@@H]1CC[C@@H](C=O)N1C(=O)OC. The van der Waals surface area contributed by atoms with Crippen LogP contribution in [0.2, 0.25) is 0 Å². The van der Waals surface area contributed by atoms with E-state index in [2.05, 4.69) is 9.47 Å². The molecular weight excluding hydrogens is 202 g/mol. The van der Waals surface area contributed by atoms with Gasteiger partial charge in [-0.3, -0.25) is 4.90 Å². The molecule has 0 unspecified atom stereocenters. The van der Waals surface area contributed by atoms with Crippen LogP contribution in [0.5, 0.6) is 0 Å². The van der Waals surface area contributed by atoms with Gasteiger partial charge in [-0.15, -0.1) is 0 Å². The van der Waals surface area contributed by atoms with Crippen molar-refractivity contribution in [3.8, 4) is 0 Å². The minimum absolute atomic E-state index is 0.422. The molecule has 0 bridgehead atoms. The maximum absolute atomic E-state index is 11.4. The molecule has 1 heterocycles. The normalized spacial score (nSPS) is 24.8. The van der Waals surface area contributed by atoms with E-state index in [-0.39, 0.29) is 0 Å². The summed E-state index contributed by atoms with van der Waals surface area (Å²) in [5, 5.41) is 0. The third-order valence-corrected chi connectivity index (χ3v) is 2.44. The lowest BCUT2D eigenvalue weighted by Gasteiger charge is -2.24. The van der Waals surface area contributed by atoms with E-state index in [0.717, 1.165) is 4.90 Å². The van der Waals surface area contributed by atoms with Gasteiger partial charge in [0, 0.05) is 0 Å². The van der Waals surface area contributed by atoms with Gasteiger partial charge in [-0.25, -0.2) is 9.59 Å². The van der Waals surface area contributed by atoms with E-state index in [9.17, 15) is 14.4 Å². The summed E-state index contributed by atoms with van der Waals surface area (Å²) in [6.07, 6.45) is 0.837. The number of hydrogen-bond donors (Lipinski definition) is 0. The molecule has 0 radical (unpaired) electrons. The molecule has 0 aromatic rings. The Labute approximate surface area is 87.1 Å². The molecule has 0 spiro atoms. The molecule has 1 rings (SSSR count). The number of carbonyl (C=O) groups is 3. The molecule has 0 N–H and O–H groups in total. The third kappa shape index (κ3) is 2.08. The van der Waals surface area contributed by atoms with E-state index in [4.69, 9.17) is 0 Å². The number of likely N-dealkylation sites (tertiary alicyclic amines) is 1. The summed E-state index contributed by atoms with van der Waals surface area (Å²) >= 11 is 0. The summed E-state index contributed by atoms with van der Waals surface area (Å²) in [7, 11) is 2.45. The van der Waals surface area contributed by atoms with Crippen LogP contribution in [0.3, 0.4) is 0 Å². The average molecular weight is 215 g/mol. The molecule has 15 heavy (non-hydrogen) atoms. The molecule has 6 nitrogen and oxygen atoms in total. The van der Waals surface area contributed by atoms with Crippen LogP contribution in [-0.2, 0) is 19.1 Å². The van der Waals surface area contributed by atoms with Crippen molar-refractivity contribution in [2.75, 3.05) is 14.2 Å². The van der Waals surface area contributed by atoms with Crippen LogP contribution in [0.4, 0.5) is 4.79 Å². The number of amides is 1. The standard InChI is InChI=1S/C9H13NO5/c1-14-8(12)7-4-3-6(5-11)10(7)9(13)15-2/h5-7H,3-4H2,1-2H3/t6-,7-/m0/s1. The van der Waals surface area contributed by atoms with Gasteiger partial charge in [0.05, 0.1) is 20.3 Å². The Hall–Kier alpha value is -1.59. The molecule has 1 amide bonds. The zero-order chi connectivity index (χ0) is 11.4. The van der Waals surface area contributed by atoms with Crippen molar-refractivity contribution in [2.45, 2.75) is 24.9 Å². The fourth-order valence-corrected chi connectivity index (χ4v) is 1.71. The monoisotopic (exact) mass is 215 g/mol. The number of nitrogens with zero attached hydrogens (tertiary/aromatic N) is 1. The van der Waals surface area contributed by atoms with Gasteiger partial charge in [-0.2, -0.15) is 0 Å². The third-order valence-electron chi connectivity index (χ3n) is 2.44. The van der Waals surface area contributed by atoms with Crippen molar-refractivity contribution >= 4 is 18.3 Å². The lowest BCUT2D eigenvalue weighted by atomic mass is 10.2. The minimum Gasteiger partial charge on any atom is -0.467 e. The van der Waals surface area contributed by atoms with E-state index in [1.165, 1.54) is 14.2 Å². The van der Waals surface area contributed by atoms with Crippen molar-refractivity contribution in [1.82, 2.24) is 4.90 Å². The Morgan fingerprint density at radius 3 is 2.40 bits per heavy atom. The maximum Gasteiger partial charge on any atom is 0.410 e. The highest BCUT2D eigenvalue weighted by atomic mass is 16.5. The van der Waals surface area contributed by atoms with Crippen LogP contribution in [0.1, 0.15) is 12.8 Å². The second kappa shape index (κ2) is 4.77. The molecule has 0 saturated carbocycles. The molecular formula is C9H13NO5. The molecule has 6 heteroatoms. The highest BCUT2D eigenvalue weighted by molar-refractivity contribution is 5.84. The lowest BCUT2D eigenvalue weighted by Crippen LogP contribution is -2.45. The summed E-state index contributed by atoms with van der Waals surface area (Å²) in [6.45, 7) is 0. The molecule has 84 valence electrons. The van der Waals surface area contributed by atoms with Crippen LogP contribution < -0.4 is 0 Å². The number of rotatable bonds is 2. The molecule has 0 aromatic heterocycles. The lowest BCUT2D eigenvalue weighted by molar-refractivity contribution is -0.145. The van der Waals surface area contributed by atoms with Crippen molar-refractivity contribution in [3.63, 3.8) is 0 Å². The Balaban J connectivity index is 2.85. The van der Waals surface area contributed by atoms with Crippen molar-refractivity contribution in [1.29, 1.82) is 0 Å². The number of esters is 1. The van der Waals surface area contributed by atoms with E-state index in [1.54, 1.807) is 0 Å². The first-order chi connectivity index (χ1) is 7.15. The van der Waals surface area contributed by atoms with Gasteiger partial charge < -0.3 is 14.3 Å². The van der Waals surface area contributed by atoms with Gasteiger partial charge in [-0.1, -0.05) is 0 Å². The van der Waals surface area contributed by atoms with Crippen LogP contribution >= 0.6 is 0 Å². The van der Waals surface area contributed by atoms with E-state index in [0.29, 0.717) is 19.1 Å². The maximum atomic E-state index is 11.4. The summed E-state index contributed by atoms with van der Waals surface area (Å²) < 4.78 is 9.06. The van der Waals surface area contributed by atoms with Crippen LogP contribution in [0.15, 0.2) is 0 Å². The van der Waals surface area contributed by atoms with Crippen LogP contribution in [0, 0.1) is 0 Å². The smallest absolute Gasteiger partial charge is 0.410 e. The molecule has 0 aromatic carbocycles. The zero-order valence-electron chi connectivity index (χ0n) is 8.63. The number of aldehydes is 1. The van der Waals surface area contributed by atoms with Crippen molar-refractivity contribution in [3.05, 3.63) is 0 Å². The van der Waals surface area contributed by atoms with Gasteiger partial charge >= 0.3 is 12.1 Å². The number of carbonyl (C=O) groups excluding carboxylic acids is 3. The van der Waals surface area contributed by atoms with Gasteiger partial charge in [0.1, 0.15) is 12.3 Å². The Bertz CT molecular complexity index is 278. The predicted molar refractivity (Wildman–Crippen MR) is 49.1 cm³/mol. The molecule has 0 aliphatic carbocycles. The minimum atomic E-state index is -0.711. The largest absolute Gasteiger partial charge is 0.467 e. The first kappa shape index (κ1) is 11.5. The molecule has 1 fully saturated rings. The van der Waals surface area contributed by atoms with Gasteiger partial charge in [-0.05, 0) is 12.8 Å². The molecule has 1 aliphatic heterocycles. The number of ether oxygens (including phenoxy) is 2. The summed E-state index contributed by atoms with van der Waals surface area (Å²) in [5.41, 5.74) is 0. The average Bonchev–Trinajstić information content (AvgIpc) is 2.70. The summed E-state index contributed by atoms with van der Waals surface area (Å²) in [6, 6.07) is -1.31. The van der Waals surface area contributed by atoms with Gasteiger partial charge in [0.2, 0.25) is 0 Å². The van der Waals surface area contributed by atoms with Gasteiger partial charge in [0.15, 0.2) is 0 Å². The quantitative estimate of drug-likeness (QED) is 0.477. The van der Waals surface area contributed by atoms with Crippen molar-refractivity contribution < 1.29 is 23.9 Å². The Morgan fingerprint density at radius 1 is 1.27 bits per heavy atom. The number of methoxy groups -OCH3 is 2. The second-order valence-corrected chi connectivity index (χ2v) is 3.20. The highest BCUT2D eigenvalue weighted by Crippen LogP contribution is 2.24. The van der Waals surface area contributed by atoms with Crippen molar-refractivity contribution in [2.24, 2.45) is 0 Å². The first-order valence-electron chi connectivity index (χ1n) is 4.55. The fraction of sp³-hybridized carbons (Fsp3) is 0.667. The second-order valence-electron chi connectivity index (χ2n) is 3.20. The molecule has 1 aliphatic rings.